The standard InChI is InChI=1S/C24H41NO11/c1-14(31-18(5)32-15(2)28-8)24(35-19(6)33-16(3)29-9,36-20(7)34-17(4)30-10)22-13-25-12-11-21(22)23(26)27/h11-20H,1-10H3,(H,26,27). The Bertz CT molecular complexity index is 760. The van der Waals surface area contributed by atoms with Crippen LogP contribution in [0.5, 0.6) is 0 Å². The fourth-order valence-electron chi connectivity index (χ4n) is 3.36. The lowest BCUT2D eigenvalue weighted by molar-refractivity contribution is -0.412. The van der Waals surface area contributed by atoms with Crippen LogP contribution in [0.3, 0.4) is 0 Å². The molecule has 1 N–H and O–H groups in total. The van der Waals surface area contributed by atoms with Crippen molar-refractivity contribution in [3.8, 4) is 0 Å². The molecule has 36 heavy (non-hydrogen) atoms. The highest BCUT2D eigenvalue weighted by molar-refractivity contribution is 5.89. The Balaban J connectivity index is 3.62. The van der Waals surface area contributed by atoms with Crippen LogP contribution in [0.1, 0.15) is 64.4 Å². The molecule has 12 heteroatoms. The fraction of sp³-hybridized carbons (Fsp3) is 0.750. The Labute approximate surface area is 213 Å². The summed E-state index contributed by atoms with van der Waals surface area (Å²) in [4.78, 5) is 16.3. The third kappa shape index (κ3) is 9.61. The van der Waals surface area contributed by atoms with Gasteiger partial charge in [0.2, 0.25) is 5.79 Å². The van der Waals surface area contributed by atoms with Gasteiger partial charge in [-0.2, -0.15) is 0 Å². The summed E-state index contributed by atoms with van der Waals surface area (Å²) in [7, 11) is 4.46. The molecule has 1 aromatic rings. The van der Waals surface area contributed by atoms with Crippen LogP contribution in [-0.2, 0) is 48.4 Å². The highest BCUT2D eigenvalue weighted by Crippen LogP contribution is 2.39. The second-order valence-corrected chi connectivity index (χ2v) is 7.93. The molecule has 12 nitrogen and oxygen atoms in total. The molecule has 0 fully saturated rings. The summed E-state index contributed by atoms with van der Waals surface area (Å²) >= 11 is 0. The average Bonchev–Trinajstić information content (AvgIpc) is 2.82. The van der Waals surface area contributed by atoms with Gasteiger partial charge in [0.15, 0.2) is 37.7 Å². The van der Waals surface area contributed by atoms with Crippen molar-refractivity contribution in [2.24, 2.45) is 0 Å². The van der Waals surface area contributed by atoms with E-state index in [2.05, 4.69) is 4.98 Å². The van der Waals surface area contributed by atoms with Gasteiger partial charge in [-0.05, 0) is 54.5 Å². The predicted octanol–water partition coefficient (Wildman–Crippen LogP) is 3.44. The molecule has 0 aliphatic rings. The number of nitrogens with zero attached hydrogens (tertiary/aromatic N) is 1. The third-order valence-corrected chi connectivity index (χ3v) is 5.19. The molecule has 1 aromatic heterocycles. The highest BCUT2D eigenvalue weighted by Gasteiger charge is 2.48. The second-order valence-electron chi connectivity index (χ2n) is 7.93. The molecule has 0 amide bonds. The quantitative estimate of drug-likeness (QED) is 0.285. The van der Waals surface area contributed by atoms with Crippen LogP contribution in [0.15, 0.2) is 18.5 Å². The van der Waals surface area contributed by atoms with Crippen LogP contribution in [-0.4, -0.2) is 81.2 Å². The monoisotopic (exact) mass is 519 g/mol. The number of hydrogen-bond acceptors (Lipinski definition) is 11. The van der Waals surface area contributed by atoms with E-state index in [1.165, 1.54) is 39.8 Å². The molecule has 7 atom stereocenters. The normalized spacial score (nSPS) is 19.5. The molecule has 0 radical (unpaired) electrons. The summed E-state index contributed by atoms with van der Waals surface area (Å²) in [6.45, 7) is 11.6. The van der Waals surface area contributed by atoms with Gasteiger partial charge in [0.1, 0.15) is 6.10 Å². The van der Waals surface area contributed by atoms with E-state index in [4.69, 9.17) is 42.6 Å². The molecule has 0 spiro atoms. The lowest BCUT2D eigenvalue weighted by Gasteiger charge is -2.43. The van der Waals surface area contributed by atoms with E-state index in [1.54, 1.807) is 48.5 Å². The van der Waals surface area contributed by atoms with Gasteiger partial charge in [-0.1, -0.05) is 0 Å². The van der Waals surface area contributed by atoms with E-state index < -0.39 is 55.6 Å². The number of carboxylic acids is 1. The van der Waals surface area contributed by atoms with E-state index in [0.29, 0.717) is 0 Å². The molecule has 0 aromatic carbocycles. The summed E-state index contributed by atoms with van der Waals surface area (Å²) in [5.41, 5.74) is -0.0312. The largest absolute Gasteiger partial charge is 0.478 e. The second kappa shape index (κ2) is 15.5. The van der Waals surface area contributed by atoms with Crippen molar-refractivity contribution in [3.63, 3.8) is 0 Å². The lowest BCUT2D eigenvalue weighted by atomic mass is 9.96. The zero-order valence-corrected chi connectivity index (χ0v) is 22.8. The molecular weight excluding hydrogens is 478 g/mol. The predicted molar refractivity (Wildman–Crippen MR) is 127 cm³/mol. The van der Waals surface area contributed by atoms with E-state index in [0.717, 1.165) is 0 Å². The third-order valence-electron chi connectivity index (χ3n) is 5.19. The Hall–Kier alpha value is -1.74. The molecule has 0 aliphatic carbocycles. The Morgan fingerprint density at radius 1 is 0.750 bits per heavy atom. The average molecular weight is 520 g/mol. The summed E-state index contributed by atoms with van der Waals surface area (Å²) in [5, 5.41) is 9.96. The summed E-state index contributed by atoms with van der Waals surface area (Å²) in [6, 6.07) is 1.34. The van der Waals surface area contributed by atoms with Crippen molar-refractivity contribution in [2.45, 2.75) is 98.1 Å². The molecule has 1 heterocycles. The minimum Gasteiger partial charge on any atom is -0.478 e. The molecule has 0 bridgehead atoms. The molecule has 208 valence electrons. The minimum atomic E-state index is -1.89. The van der Waals surface area contributed by atoms with Crippen molar-refractivity contribution >= 4 is 5.97 Å². The van der Waals surface area contributed by atoms with Crippen molar-refractivity contribution in [2.75, 3.05) is 21.3 Å². The van der Waals surface area contributed by atoms with Crippen molar-refractivity contribution < 1.29 is 52.5 Å². The number of aromatic carboxylic acids is 1. The van der Waals surface area contributed by atoms with Gasteiger partial charge in [0.25, 0.3) is 0 Å². The number of pyridine rings is 1. The Morgan fingerprint density at radius 2 is 1.19 bits per heavy atom. The van der Waals surface area contributed by atoms with Gasteiger partial charge in [-0.15, -0.1) is 0 Å². The van der Waals surface area contributed by atoms with Gasteiger partial charge in [0.05, 0.1) is 5.56 Å². The molecule has 1 rings (SSSR count). The molecule has 0 aliphatic heterocycles. The summed E-state index contributed by atoms with van der Waals surface area (Å²) in [6.07, 6.45) is -2.81. The maximum Gasteiger partial charge on any atom is 0.336 e. The summed E-state index contributed by atoms with van der Waals surface area (Å²) < 4.78 is 51.3. The molecular formula is C24H41NO11. The Morgan fingerprint density at radius 3 is 1.61 bits per heavy atom. The molecule has 7 unspecified atom stereocenters. The van der Waals surface area contributed by atoms with Crippen molar-refractivity contribution in [1.82, 2.24) is 4.98 Å². The molecule has 0 saturated carbocycles. The van der Waals surface area contributed by atoms with E-state index >= 15 is 0 Å². The van der Waals surface area contributed by atoms with Crippen LogP contribution in [0.25, 0.3) is 0 Å². The zero-order chi connectivity index (χ0) is 27.5. The van der Waals surface area contributed by atoms with E-state index in [-0.39, 0.29) is 11.1 Å². The summed E-state index contributed by atoms with van der Waals surface area (Å²) in [5.74, 6) is -3.11. The van der Waals surface area contributed by atoms with Crippen LogP contribution >= 0.6 is 0 Å². The number of aromatic nitrogens is 1. The van der Waals surface area contributed by atoms with Gasteiger partial charge in [-0.3, -0.25) is 4.98 Å². The van der Waals surface area contributed by atoms with Gasteiger partial charge in [-0.25, -0.2) is 4.79 Å². The lowest BCUT2D eigenvalue weighted by Crippen LogP contribution is -2.51. The number of carboxylic acid groups (broad SMARTS) is 1. The van der Waals surface area contributed by atoms with Crippen LogP contribution < -0.4 is 0 Å². The Kier molecular flexibility index (Phi) is 13.9. The van der Waals surface area contributed by atoms with Crippen molar-refractivity contribution in [3.05, 3.63) is 29.6 Å². The van der Waals surface area contributed by atoms with E-state index in [9.17, 15) is 9.90 Å². The van der Waals surface area contributed by atoms with Gasteiger partial charge < -0.3 is 47.7 Å². The smallest absolute Gasteiger partial charge is 0.336 e. The first-order chi connectivity index (χ1) is 16.9. The van der Waals surface area contributed by atoms with Gasteiger partial charge in [0, 0.05) is 39.3 Å². The maximum atomic E-state index is 12.2. The van der Waals surface area contributed by atoms with Crippen LogP contribution in [0.4, 0.5) is 0 Å². The molecule has 0 saturated heterocycles. The first-order valence-electron chi connectivity index (χ1n) is 11.6. The fourth-order valence-corrected chi connectivity index (χ4v) is 3.36. The minimum absolute atomic E-state index is 0.0815. The topological polar surface area (TPSA) is 133 Å². The van der Waals surface area contributed by atoms with Crippen LogP contribution in [0.2, 0.25) is 0 Å². The number of rotatable bonds is 18. The van der Waals surface area contributed by atoms with Crippen molar-refractivity contribution in [1.29, 1.82) is 0 Å². The maximum absolute atomic E-state index is 12.2. The number of methoxy groups -OCH3 is 3. The number of hydrogen-bond donors (Lipinski definition) is 1. The number of carbonyl (C=O) groups is 1. The highest BCUT2D eigenvalue weighted by atomic mass is 16.9. The van der Waals surface area contributed by atoms with E-state index in [1.807, 2.05) is 0 Å². The first-order valence-corrected chi connectivity index (χ1v) is 11.6. The first kappa shape index (κ1) is 32.3. The van der Waals surface area contributed by atoms with Gasteiger partial charge >= 0.3 is 5.97 Å². The zero-order valence-electron chi connectivity index (χ0n) is 22.8. The van der Waals surface area contributed by atoms with Crippen LogP contribution in [0, 0.1) is 0 Å². The number of ether oxygens (including phenoxy) is 9. The SMILES string of the molecule is COC(C)OC(C)OC(C)C(OC(C)OC(C)OC)(OC(C)OC(C)OC)c1cnccc1C(=O)O.